The Morgan fingerprint density at radius 1 is 1.12 bits per heavy atom. The van der Waals surface area contributed by atoms with Crippen LogP contribution in [0.15, 0.2) is 42.5 Å². The molecule has 16 heavy (non-hydrogen) atoms. The Morgan fingerprint density at radius 3 is 2.50 bits per heavy atom. The van der Waals surface area contributed by atoms with Crippen molar-refractivity contribution in [1.82, 2.24) is 0 Å². The molecule has 0 heterocycles. The van der Waals surface area contributed by atoms with Gasteiger partial charge in [-0.2, -0.15) is 0 Å². The third-order valence-electron chi connectivity index (χ3n) is 2.61. The lowest BCUT2D eigenvalue weighted by molar-refractivity contribution is -0.122. The van der Waals surface area contributed by atoms with Gasteiger partial charge in [-0.15, -0.1) is 0 Å². The van der Waals surface area contributed by atoms with Gasteiger partial charge in [0.05, 0.1) is 0 Å². The third-order valence-corrected chi connectivity index (χ3v) is 2.61. The molecule has 0 fully saturated rings. The summed E-state index contributed by atoms with van der Waals surface area (Å²) in [6.07, 6.45) is -0.388. The number of Topliss-reactive ketones (excluding diaryl/α,β-unsaturated/α-hetero) is 1. The zero-order valence-electron chi connectivity index (χ0n) is 9.44. The summed E-state index contributed by atoms with van der Waals surface area (Å²) in [5.74, 6) is 0.773. The van der Waals surface area contributed by atoms with Gasteiger partial charge >= 0.3 is 0 Å². The molecule has 0 spiro atoms. The van der Waals surface area contributed by atoms with Crippen LogP contribution in [0.4, 0.5) is 0 Å². The van der Waals surface area contributed by atoms with Gasteiger partial charge in [0.15, 0.2) is 11.9 Å². The normalized spacial score (nSPS) is 12.4. The van der Waals surface area contributed by atoms with Gasteiger partial charge in [-0.25, -0.2) is 0 Å². The zero-order chi connectivity index (χ0) is 11.5. The van der Waals surface area contributed by atoms with E-state index in [1.165, 1.54) is 12.3 Å². The number of ether oxygens (including phenoxy) is 1. The second-order valence-electron chi connectivity index (χ2n) is 3.88. The summed E-state index contributed by atoms with van der Waals surface area (Å²) in [7, 11) is 0. The zero-order valence-corrected chi connectivity index (χ0v) is 9.44. The minimum absolute atomic E-state index is 0.0353. The van der Waals surface area contributed by atoms with Gasteiger partial charge in [0.1, 0.15) is 5.75 Å². The second-order valence-corrected chi connectivity index (χ2v) is 3.88. The molecule has 2 rings (SSSR count). The maximum Gasteiger partial charge on any atom is 0.169 e. The van der Waals surface area contributed by atoms with Gasteiger partial charge in [0.25, 0.3) is 0 Å². The average Bonchev–Trinajstić information content (AvgIpc) is 2.28. The highest BCUT2D eigenvalue weighted by Crippen LogP contribution is 2.21. The standard InChI is InChI=1S/C14H14O2/c1-10(15)11(2)16-14-8-7-12-5-3-4-6-13(12)9-14/h3-9,11H,1-2H3/t11-/m0/s1. The SMILES string of the molecule is CC(=O)[C@H](C)Oc1ccc2ccccc2c1. The number of ketones is 1. The van der Waals surface area contributed by atoms with Crippen LogP contribution in [0.25, 0.3) is 10.8 Å². The lowest BCUT2D eigenvalue weighted by Gasteiger charge is -2.11. The van der Waals surface area contributed by atoms with E-state index in [1.807, 2.05) is 42.5 Å². The first-order valence-corrected chi connectivity index (χ1v) is 5.33. The summed E-state index contributed by atoms with van der Waals surface area (Å²) < 4.78 is 5.53. The van der Waals surface area contributed by atoms with Crippen LogP contribution in [-0.4, -0.2) is 11.9 Å². The van der Waals surface area contributed by atoms with Crippen molar-refractivity contribution in [2.75, 3.05) is 0 Å². The number of hydrogen-bond acceptors (Lipinski definition) is 2. The summed E-state index contributed by atoms with van der Waals surface area (Å²) in [5, 5.41) is 2.29. The first-order valence-electron chi connectivity index (χ1n) is 5.33. The van der Waals surface area contributed by atoms with Crippen molar-refractivity contribution < 1.29 is 9.53 Å². The summed E-state index contributed by atoms with van der Waals surface area (Å²) >= 11 is 0. The molecule has 0 N–H and O–H groups in total. The van der Waals surface area contributed by atoms with Crippen molar-refractivity contribution in [1.29, 1.82) is 0 Å². The van der Waals surface area contributed by atoms with Crippen LogP contribution < -0.4 is 4.74 Å². The molecule has 0 bridgehead atoms. The molecule has 0 amide bonds. The first-order chi connectivity index (χ1) is 7.66. The highest BCUT2D eigenvalue weighted by molar-refractivity contribution is 5.84. The highest BCUT2D eigenvalue weighted by atomic mass is 16.5. The average molecular weight is 214 g/mol. The minimum Gasteiger partial charge on any atom is -0.483 e. The molecule has 0 saturated heterocycles. The van der Waals surface area contributed by atoms with E-state index >= 15 is 0 Å². The monoisotopic (exact) mass is 214 g/mol. The van der Waals surface area contributed by atoms with E-state index in [0.717, 1.165) is 11.1 Å². The summed E-state index contributed by atoms with van der Waals surface area (Å²) in [6.45, 7) is 3.29. The molecule has 82 valence electrons. The number of fused-ring (bicyclic) bond motifs is 1. The number of carbonyl (C=O) groups excluding carboxylic acids is 1. The molecule has 2 heteroatoms. The number of rotatable bonds is 3. The van der Waals surface area contributed by atoms with E-state index in [1.54, 1.807) is 6.92 Å². The van der Waals surface area contributed by atoms with E-state index in [-0.39, 0.29) is 11.9 Å². The first kappa shape index (κ1) is 10.7. The molecule has 0 unspecified atom stereocenters. The fourth-order valence-corrected chi connectivity index (χ4v) is 1.53. The predicted octanol–water partition coefficient (Wildman–Crippen LogP) is 3.20. The van der Waals surface area contributed by atoms with Crippen LogP contribution in [0.1, 0.15) is 13.8 Å². The van der Waals surface area contributed by atoms with Crippen LogP contribution in [0.2, 0.25) is 0 Å². The smallest absolute Gasteiger partial charge is 0.169 e. The van der Waals surface area contributed by atoms with Crippen LogP contribution in [0.3, 0.4) is 0 Å². The van der Waals surface area contributed by atoms with E-state index in [2.05, 4.69) is 0 Å². The van der Waals surface area contributed by atoms with E-state index < -0.39 is 0 Å². The molecule has 0 saturated carbocycles. The molecular formula is C14H14O2. The Hall–Kier alpha value is -1.83. The number of carbonyl (C=O) groups is 1. The van der Waals surface area contributed by atoms with E-state index in [9.17, 15) is 4.79 Å². The Labute approximate surface area is 94.8 Å². The molecule has 1 atom stereocenters. The van der Waals surface area contributed by atoms with Gasteiger partial charge in [-0.3, -0.25) is 4.79 Å². The lowest BCUT2D eigenvalue weighted by Crippen LogP contribution is -2.20. The molecule has 0 aliphatic carbocycles. The molecule has 0 aliphatic rings. The second kappa shape index (κ2) is 4.35. The largest absolute Gasteiger partial charge is 0.483 e. The fourth-order valence-electron chi connectivity index (χ4n) is 1.53. The molecular weight excluding hydrogens is 200 g/mol. The van der Waals surface area contributed by atoms with Crippen LogP contribution >= 0.6 is 0 Å². The quantitative estimate of drug-likeness (QED) is 0.784. The molecule has 2 aromatic carbocycles. The molecule has 0 radical (unpaired) electrons. The minimum atomic E-state index is -0.388. The Bertz CT molecular complexity index is 517. The van der Waals surface area contributed by atoms with E-state index in [4.69, 9.17) is 4.74 Å². The van der Waals surface area contributed by atoms with Gasteiger partial charge < -0.3 is 4.74 Å². The van der Waals surface area contributed by atoms with E-state index in [0.29, 0.717) is 0 Å². The van der Waals surface area contributed by atoms with Crippen LogP contribution in [-0.2, 0) is 4.79 Å². The topological polar surface area (TPSA) is 26.3 Å². The van der Waals surface area contributed by atoms with Gasteiger partial charge in [0, 0.05) is 0 Å². The lowest BCUT2D eigenvalue weighted by atomic mass is 10.1. The summed E-state index contributed by atoms with van der Waals surface area (Å²) in [5.41, 5.74) is 0. The maximum atomic E-state index is 11.1. The Kier molecular flexibility index (Phi) is 2.91. The maximum absolute atomic E-state index is 11.1. The summed E-state index contributed by atoms with van der Waals surface area (Å²) in [6, 6.07) is 13.9. The van der Waals surface area contributed by atoms with Crippen LogP contribution in [0, 0.1) is 0 Å². The van der Waals surface area contributed by atoms with Gasteiger partial charge in [-0.05, 0) is 36.8 Å². The third kappa shape index (κ3) is 2.22. The van der Waals surface area contributed by atoms with Crippen molar-refractivity contribution in [3.63, 3.8) is 0 Å². The number of hydrogen-bond donors (Lipinski definition) is 0. The van der Waals surface area contributed by atoms with Crippen molar-refractivity contribution in [2.45, 2.75) is 20.0 Å². The van der Waals surface area contributed by atoms with Crippen molar-refractivity contribution in [3.8, 4) is 5.75 Å². The molecule has 2 aromatic rings. The van der Waals surface area contributed by atoms with Gasteiger partial charge in [0.2, 0.25) is 0 Å². The van der Waals surface area contributed by atoms with Crippen molar-refractivity contribution >= 4 is 16.6 Å². The fraction of sp³-hybridized carbons (Fsp3) is 0.214. The molecule has 2 nitrogen and oxygen atoms in total. The van der Waals surface area contributed by atoms with Crippen molar-refractivity contribution in [2.24, 2.45) is 0 Å². The predicted molar refractivity (Wildman–Crippen MR) is 64.7 cm³/mol. The Morgan fingerprint density at radius 2 is 1.81 bits per heavy atom. The highest BCUT2D eigenvalue weighted by Gasteiger charge is 2.08. The number of benzene rings is 2. The van der Waals surface area contributed by atoms with Gasteiger partial charge in [-0.1, -0.05) is 30.3 Å². The molecule has 0 aliphatic heterocycles. The summed E-state index contributed by atoms with van der Waals surface area (Å²) in [4.78, 5) is 11.1. The Balaban J connectivity index is 2.29. The van der Waals surface area contributed by atoms with Crippen LogP contribution in [0.5, 0.6) is 5.75 Å². The van der Waals surface area contributed by atoms with Crippen molar-refractivity contribution in [3.05, 3.63) is 42.5 Å². The molecule has 0 aromatic heterocycles.